The average Bonchev–Trinajstić information content (AvgIpc) is 3.95. The maximum Gasteiger partial charge on any atom is 0.127 e. The van der Waals surface area contributed by atoms with Gasteiger partial charge >= 0.3 is 0 Å². The van der Waals surface area contributed by atoms with Gasteiger partial charge in [0.2, 0.25) is 0 Å². The van der Waals surface area contributed by atoms with E-state index in [0.717, 1.165) is 35.5 Å². The Morgan fingerprint density at radius 3 is 1.73 bits per heavy atom. The molecule has 0 aliphatic rings. The van der Waals surface area contributed by atoms with Crippen molar-refractivity contribution in [2.24, 2.45) is 0 Å². The van der Waals surface area contributed by atoms with Crippen LogP contribution >= 0.6 is 71.7 Å². The number of pyridine rings is 4. The summed E-state index contributed by atoms with van der Waals surface area (Å²) in [5.74, 6) is 0. The fraction of sp³-hybridized carbons (Fsp3) is 0.0345. The first-order chi connectivity index (χ1) is 24.8. The standard InChI is InChI=1S/2C5H3N3S.2C5H6N2S.C4H2N4S.C4H5N3S.CH4/c1-2-6-3-4-5(1)9-8-7-4;1-2-6-3-5-4(1)7-8-9-5;6-4-3-7-2-1-5(4)8;6-4-1-2-7-3-5(4)8;1-3-4(2-6-5-1)9-8-7-3;5-3-1-6-7-2-4(3)8;/h2*1-3H;1-3H,6H2,(H,7,8);1-3,8H,(H2,6,7);1-2H;1-2H,(H2,5,7)(H,6,8);1H4. The highest BCUT2D eigenvalue weighted by Crippen LogP contribution is 2.13. The number of aromatic nitrogens is 14. The minimum absolute atomic E-state index is 0. The normalized spacial score (nSPS) is 9.48. The topological polar surface area (TPSA) is 264 Å². The number of rotatable bonds is 0. The molecule has 0 bridgehead atoms. The van der Waals surface area contributed by atoms with Crippen molar-refractivity contribution in [3.8, 4) is 0 Å². The molecule has 9 aromatic heterocycles. The molecule has 0 aromatic carbocycles. The maximum atomic E-state index is 5.40. The molecule has 9 rings (SSSR count). The monoisotopic (exact) mass is 807 g/mol. The van der Waals surface area contributed by atoms with Gasteiger partial charge in [-0.05, 0) is 58.9 Å². The van der Waals surface area contributed by atoms with E-state index >= 15 is 0 Å². The van der Waals surface area contributed by atoms with Gasteiger partial charge in [-0.2, -0.15) is 15.3 Å². The van der Waals surface area contributed by atoms with Gasteiger partial charge in [-0.15, -0.1) is 27.9 Å². The number of nitrogen functional groups attached to an aromatic ring is 3. The molecule has 23 heteroatoms. The third-order valence-electron chi connectivity index (χ3n) is 5.51. The molecule has 0 amide bonds. The molecule has 0 spiro atoms. The number of anilines is 3. The van der Waals surface area contributed by atoms with E-state index in [1.165, 1.54) is 40.8 Å². The van der Waals surface area contributed by atoms with Crippen LogP contribution in [0.15, 0.2) is 104 Å². The van der Waals surface area contributed by atoms with E-state index in [4.69, 9.17) is 41.6 Å². The Morgan fingerprint density at radius 2 is 1.17 bits per heavy atom. The number of nitrogens with one attached hydrogen (secondary N) is 2. The van der Waals surface area contributed by atoms with E-state index < -0.39 is 0 Å². The number of fused-ring (bicyclic) bond motifs is 3. The first-order valence-electron chi connectivity index (χ1n) is 13.8. The lowest BCUT2D eigenvalue weighted by molar-refractivity contribution is 1.03. The van der Waals surface area contributed by atoms with Crippen molar-refractivity contribution in [1.82, 2.24) is 69.1 Å². The van der Waals surface area contributed by atoms with Crippen molar-refractivity contribution in [3.05, 3.63) is 108 Å². The van der Waals surface area contributed by atoms with Crippen LogP contribution in [0.2, 0.25) is 0 Å². The minimum atomic E-state index is 0. The summed E-state index contributed by atoms with van der Waals surface area (Å²) in [5, 5.41) is 25.0. The third kappa shape index (κ3) is 13.6. The highest BCUT2D eigenvalue weighted by Gasteiger charge is 1.95. The first-order valence-corrected chi connectivity index (χ1v) is 17.4. The summed E-state index contributed by atoms with van der Waals surface area (Å²) in [6.07, 6.45) is 19.9. The lowest BCUT2D eigenvalue weighted by Gasteiger charge is -1.92. The highest BCUT2D eigenvalue weighted by molar-refractivity contribution is 7.80. The van der Waals surface area contributed by atoms with Crippen LogP contribution < -0.4 is 17.2 Å². The van der Waals surface area contributed by atoms with E-state index in [2.05, 4.69) is 81.7 Å². The Kier molecular flexibility index (Phi) is 17.5. The van der Waals surface area contributed by atoms with Gasteiger partial charge < -0.3 is 22.2 Å². The van der Waals surface area contributed by atoms with Crippen LogP contribution in [0.25, 0.3) is 30.6 Å². The molecule has 0 atom stereocenters. The molecule has 0 saturated carbocycles. The van der Waals surface area contributed by atoms with Gasteiger partial charge in [-0.1, -0.05) is 45.3 Å². The van der Waals surface area contributed by atoms with Gasteiger partial charge in [-0.25, -0.2) is 0 Å². The summed E-state index contributed by atoms with van der Waals surface area (Å²) in [5.41, 5.74) is 20.6. The first kappa shape index (κ1) is 40.8. The molecule has 9 heterocycles. The summed E-state index contributed by atoms with van der Waals surface area (Å²) < 4.78 is 15.6. The zero-order chi connectivity index (χ0) is 36.3. The van der Waals surface area contributed by atoms with Crippen LogP contribution in [0.4, 0.5) is 17.1 Å². The fourth-order valence-electron chi connectivity index (χ4n) is 3.00. The number of aromatic amines is 2. The minimum Gasteiger partial charge on any atom is -0.398 e. The van der Waals surface area contributed by atoms with Gasteiger partial charge in [0, 0.05) is 60.2 Å². The van der Waals surface area contributed by atoms with Crippen molar-refractivity contribution in [1.29, 1.82) is 0 Å². The molecular weight excluding hydrogens is 779 g/mol. The molecule has 52 heavy (non-hydrogen) atoms. The van der Waals surface area contributed by atoms with E-state index in [-0.39, 0.29) is 7.43 Å². The van der Waals surface area contributed by atoms with Crippen molar-refractivity contribution >= 4 is 119 Å². The summed E-state index contributed by atoms with van der Waals surface area (Å²) in [4.78, 5) is 15.1. The molecule has 8 N–H and O–H groups in total. The molecule has 0 fully saturated rings. The Hall–Kier alpha value is -5.59. The van der Waals surface area contributed by atoms with Gasteiger partial charge in [0.1, 0.15) is 16.6 Å². The van der Waals surface area contributed by atoms with Crippen LogP contribution in [-0.2, 0) is 0 Å². The molecular formula is C29H29N17S6. The van der Waals surface area contributed by atoms with Crippen LogP contribution in [0.1, 0.15) is 7.43 Å². The van der Waals surface area contributed by atoms with E-state index in [1.54, 1.807) is 80.3 Å². The quantitative estimate of drug-likeness (QED) is 0.0726. The Labute approximate surface area is 323 Å². The van der Waals surface area contributed by atoms with Crippen LogP contribution in [0.5, 0.6) is 0 Å². The zero-order valence-electron chi connectivity index (χ0n) is 25.8. The predicted octanol–water partition coefficient (Wildman–Crippen LogP) is 6.29. The maximum absolute atomic E-state index is 5.40. The molecule has 0 radical (unpaired) electrons. The van der Waals surface area contributed by atoms with Crippen LogP contribution in [-0.4, -0.2) is 69.1 Å². The van der Waals surface area contributed by atoms with Gasteiger partial charge in [0.25, 0.3) is 0 Å². The third-order valence-corrected chi connectivity index (χ3v) is 8.65. The Morgan fingerprint density at radius 1 is 0.577 bits per heavy atom. The molecule has 0 unspecified atom stereocenters. The smallest absolute Gasteiger partial charge is 0.127 e. The zero-order valence-corrected chi connectivity index (χ0v) is 30.8. The number of nitrogens with two attached hydrogens (primary N) is 3. The summed E-state index contributed by atoms with van der Waals surface area (Å²) >= 11 is 17.6. The molecule has 0 saturated heterocycles. The van der Waals surface area contributed by atoms with Crippen LogP contribution in [0, 0.1) is 9.02 Å². The average molecular weight is 808 g/mol. The predicted molar refractivity (Wildman–Crippen MR) is 216 cm³/mol. The number of H-pyrrole nitrogens is 2. The van der Waals surface area contributed by atoms with Crippen molar-refractivity contribution in [2.75, 3.05) is 17.2 Å². The number of hydrogen-bond acceptors (Lipinski definition) is 21. The molecule has 0 aliphatic carbocycles. The summed E-state index contributed by atoms with van der Waals surface area (Å²) in [7, 11) is 0. The summed E-state index contributed by atoms with van der Waals surface area (Å²) in [6, 6.07) is 7.21. The second kappa shape index (κ2) is 22.3. The van der Waals surface area contributed by atoms with E-state index in [0.29, 0.717) is 26.1 Å². The molecule has 9 aromatic rings. The molecule has 17 nitrogen and oxygen atoms in total. The summed E-state index contributed by atoms with van der Waals surface area (Å²) in [6.45, 7) is 0. The van der Waals surface area contributed by atoms with Crippen molar-refractivity contribution in [2.45, 2.75) is 12.3 Å². The highest BCUT2D eigenvalue weighted by atomic mass is 32.1. The number of thiol groups is 1. The lowest BCUT2D eigenvalue weighted by atomic mass is 10.4. The van der Waals surface area contributed by atoms with Crippen molar-refractivity contribution < 1.29 is 0 Å². The van der Waals surface area contributed by atoms with Crippen LogP contribution in [0.3, 0.4) is 0 Å². The second-order valence-corrected chi connectivity index (χ2v) is 12.7. The van der Waals surface area contributed by atoms with Crippen molar-refractivity contribution in [3.63, 3.8) is 0 Å². The molecule has 266 valence electrons. The second-order valence-electron chi connectivity index (χ2n) is 8.99. The number of nitrogens with zero attached hydrogens (tertiary/aromatic N) is 12. The fourth-order valence-corrected chi connectivity index (χ4v) is 4.93. The molecule has 0 aliphatic heterocycles. The van der Waals surface area contributed by atoms with Gasteiger partial charge in [0.15, 0.2) is 0 Å². The number of hydrogen-bond donors (Lipinski definition) is 6. The Bertz CT molecular complexity index is 2160. The van der Waals surface area contributed by atoms with Gasteiger partial charge in [-0.3, -0.25) is 20.1 Å². The van der Waals surface area contributed by atoms with Gasteiger partial charge in [0.05, 0.1) is 59.3 Å². The lowest BCUT2D eigenvalue weighted by Crippen LogP contribution is -1.87. The largest absolute Gasteiger partial charge is 0.398 e. The Balaban J connectivity index is 0.000000168. The van der Waals surface area contributed by atoms with E-state index in [9.17, 15) is 0 Å². The SMILES string of the molecule is C.Nc1c[nH]ccc1=S.Nc1c[nH]ncc1=S.Nc1ccncc1S.c1cc2nnsc2cn1.c1cc2snnc2cn1.c1nncc2snnc12. The van der Waals surface area contributed by atoms with E-state index in [1.807, 2.05) is 12.1 Å².